The fraction of sp³-hybridized carbons (Fsp3) is 0.176. The lowest BCUT2D eigenvalue weighted by Crippen LogP contribution is -2.37. The normalized spacial score (nSPS) is 13.8. The van der Waals surface area contributed by atoms with E-state index < -0.39 is 17.5 Å². The zero-order chi connectivity index (χ0) is 17.1. The summed E-state index contributed by atoms with van der Waals surface area (Å²) < 4.78 is 31.8. The largest absolute Gasteiger partial charge is 0.491 e. The van der Waals surface area contributed by atoms with Gasteiger partial charge >= 0.3 is 0 Å². The summed E-state index contributed by atoms with van der Waals surface area (Å²) in [6.07, 6.45) is 0.135. The van der Waals surface area contributed by atoms with Crippen molar-refractivity contribution >= 4 is 23.2 Å². The lowest BCUT2D eigenvalue weighted by atomic mass is 10.2. The number of benzene rings is 2. The Morgan fingerprint density at radius 2 is 1.88 bits per heavy atom. The van der Waals surface area contributed by atoms with Gasteiger partial charge in [0.25, 0.3) is 0 Å². The van der Waals surface area contributed by atoms with E-state index in [1.807, 2.05) is 0 Å². The van der Waals surface area contributed by atoms with E-state index in [4.69, 9.17) is 4.74 Å². The predicted octanol–water partition coefficient (Wildman–Crippen LogP) is 2.72. The minimum absolute atomic E-state index is 0.00990. The van der Waals surface area contributed by atoms with Gasteiger partial charge in [0, 0.05) is 11.8 Å². The molecule has 2 aromatic rings. The van der Waals surface area contributed by atoms with Crippen molar-refractivity contribution in [2.24, 2.45) is 0 Å². The Kier molecular flexibility index (Phi) is 4.41. The summed E-state index contributed by atoms with van der Waals surface area (Å²) in [5.41, 5.74) is 0.477. The molecule has 124 valence electrons. The summed E-state index contributed by atoms with van der Waals surface area (Å²) in [4.78, 5) is 25.7. The highest BCUT2D eigenvalue weighted by atomic mass is 19.1. The predicted molar refractivity (Wildman–Crippen MR) is 83.9 cm³/mol. The van der Waals surface area contributed by atoms with Gasteiger partial charge in [-0.05, 0) is 24.3 Å². The van der Waals surface area contributed by atoms with E-state index in [2.05, 4.69) is 5.32 Å². The van der Waals surface area contributed by atoms with Crippen molar-refractivity contribution in [1.29, 1.82) is 0 Å². The average molecular weight is 332 g/mol. The maximum Gasteiger partial charge on any atom is 0.244 e. The summed E-state index contributed by atoms with van der Waals surface area (Å²) in [5, 5.41) is 2.39. The quantitative estimate of drug-likeness (QED) is 0.940. The molecule has 3 rings (SSSR count). The van der Waals surface area contributed by atoms with Gasteiger partial charge in [-0.25, -0.2) is 8.78 Å². The summed E-state index contributed by atoms with van der Waals surface area (Å²) in [6.45, 7) is -0.0551. The van der Waals surface area contributed by atoms with Gasteiger partial charge in [-0.15, -0.1) is 0 Å². The van der Waals surface area contributed by atoms with Crippen molar-refractivity contribution in [2.45, 2.75) is 6.42 Å². The first-order chi connectivity index (χ1) is 11.5. The molecule has 2 aromatic carbocycles. The Morgan fingerprint density at radius 1 is 1.17 bits per heavy atom. The van der Waals surface area contributed by atoms with Gasteiger partial charge in [-0.2, -0.15) is 0 Å². The Bertz CT molecular complexity index is 775. The monoisotopic (exact) mass is 332 g/mol. The number of nitrogens with one attached hydrogen (secondary N) is 1. The maximum absolute atomic E-state index is 13.2. The third kappa shape index (κ3) is 3.51. The van der Waals surface area contributed by atoms with E-state index in [9.17, 15) is 18.4 Å². The van der Waals surface area contributed by atoms with E-state index >= 15 is 0 Å². The standard InChI is InChI=1S/C17H14F2N2O3/c18-11-7-12(19)9-13(8-11)20-16(22)10-21-14-3-1-2-4-15(14)24-6-5-17(21)23/h1-4,7-9H,5-6,10H2,(H,20,22). The molecule has 0 saturated carbocycles. The molecule has 1 heterocycles. The first-order valence-corrected chi connectivity index (χ1v) is 7.31. The van der Waals surface area contributed by atoms with Crippen molar-refractivity contribution in [2.75, 3.05) is 23.4 Å². The SMILES string of the molecule is O=C(CN1C(=O)CCOc2ccccc21)Nc1cc(F)cc(F)c1. The van der Waals surface area contributed by atoms with Crippen molar-refractivity contribution in [1.82, 2.24) is 0 Å². The molecule has 0 saturated heterocycles. The number of carbonyl (C=O) groups is 2. The zero-order valence-electron chi connectivity index (χ0n) is 12.6. The number of fused-ring (bicyclic) bond motifs is 1. The van der Waals surface area contributed by atoms with Crippen LogP contribution in [0.3, 0.4) is 0 Å². The van der Waals surface area contributed by atoms with Gasteiger partial charge in [0.2, 0.25) is 11.8 Å². The highest BCUT2D eigenvalue weighted by Crippen LogP contribution is 2.30. The van der Waals surface area contributed by atoms with Crippen molar-refractivity contribution in [3.8, 4) is 5.75 Å². The number of carbonyl (C=O) groups excluding carboxylic acids is 2. The third-order valence-electron chi connectivity index (χ3n) is 3.48. The molecule has 1 aliphatic rings. The van der Waals surface area contributed by atoms with Crippen LogP contribution in [0.1, 0.15) is 6.42 Å². The minimum Gasteiger partial charge on any atom is -0.491 e. The van der Waals surface area contributed by atoms with Gasteiger partial charge in [0.1, 0.15) is 23.9 Å². The van der Waals surface area contributed by atoms with E-state index in [0.29, 0.717) is 17.5 Å². The van der Waals surface area contributed by atoms with Gasteiger partial charge in [0.15, 0.2) is 0 Å². The molecular weight excluding hydrogens is 318 g/mol. The zero-order valence-corrected chi connectivity index (χ0v) is 12.6. The van der Waals surface area contributed by atoms with Gasteiger partial charge in [-0.3, -0.25) is 14.5 Å². The van der Waals surface area contributed by atoms with Crippen molar-refractivity contribution in [3.05, 3.63) is 54.1 Å². The van der Waals surface area contributed by atoms with E-state index in [1.54, 1.807) is 24.3 Å². The molecular formula is C17H14F2N2O3. The summed E-state index contributed by atoms with van der Waals surface area (Å²) in [6, 6.07) is 9.59. The smallest absolute Gasteiger partial charge is 0.244 e. The average Bonchev–Trinajstić information content (AvgIpc) is 2.66. The molecule has 0 aromatic heterocycles. The van der Waals surface area contributed by atoms with Crippen molar-refractivity contribution in [3.63, 3.8) is 0 Å². The first kappa shape index (κ1) is 15.9. The molecule has 0 spiro atoms. The number of para-hydroxylation sites is 2. The second-order valence-electron chi connectivity index (χ2n) is 5.25. The van der Waals surface area contributed by atoms with Crippen LogP contribution in [0.5, 0.6) is 5.75 Å². The molecule has 1 N–H and O–H groups in total. The Morgan fingerprint density at radius 3 is 2.62 bits per heavy atom. The number of hydrogen-bond donors (Lipinski definition) is 1. The molecule has 7 heteroatoms. The minimum atomic E-state index is -0.796. The molecule has 0 radical (unpaired) electrons. The molecule has 0 fully saturated rings. The topological polar surface area (TPSA) is 58.6 Å². The van der Waals surface area contributed by atoms with Crippen LogP contribution in [-0.4, -0.2) is 25.0 Å². The number of ether oxygens (including phenoxy) is 1. The molecule has 0 atom stereocenters. The molecule has 1 aliphatic heterocycles. The second-order valence-corrected chi connectivity index (χ2v) is 5.25. The number of rotatable bonds is 3. The van der Waals surface area contributed by atoms with E-state index in [-0.39, 0.29) is 31.2 Å². The van der Waals surface area contributed by atoms with Crippen LogP contribution in [0.4, 0.5) is 20.2 Å². The first-order valence-electron chi connectivity index (χ1n) is 7.31. The van der Waals surface area contributed by atoms with Gasteiger partial charge < -0.3 is 10.1 Å². The Hall–Kier alpha value is -2.96. The van der Waals surface area contributed by atoms with Gasteiger partial charge in [0.05, 0.1) is 18.7 Å². The van der Waals surface area contributed by atoms with Gasteiger partial charge in [-0.1, -0.05) is 12.1 Å². The van der Waals surface area contributed by atoms with Crippen LogP contribution in [0.25, 0.3) is 0 Å². The highest BCUT2D eigenvalue weighted by molar-refractivity contribution is 6.03. The van der Waals surface area contributed by atoms with Crippen LogP contribution in [0, 0.1) is 11.6 Å². The third-order valence-corrected chi connectivity index (χ3v) is 3.48. The van der Waals surface area contributed by atoms with E-state index in [0.717, 1.165) is 12.1 Å². The molecule has 0 unspecified atom stereocenters. The summed E-state index contributed by atoms with van der Waals surface area (Å²) >= 11 is 0. The number of nitrogens with zero attached hydrogens (tertiary/aromatic N) is 1. The fourth-order valence-corrected chi connectivity index (χ4v) is 2.46. The molecule has 2 amide bonds. The van der Waals surface area contributed by atoms with Crippen LogP contribution in [-0.2, 0) is 9.59 Å². The second kappa shape index (κ2) is 6.66. The molecule has 5 nitrogen and oxygen atoms in total. The van der Waals surface area contributed by atoms with Crippen molar-refractivity contribution < 1.29 is 23.1 Å². The number of halogens is 2. The summed E-state index contributed by atoms with van der Waals surface area (Å²) in [5.74, 6) is -1.91. The van der Waals surface area contributed by atoms with Crippen LogP contribution < -0.4 is 15.0 Å². The molecule has 0 aliphatic carbocycles. The number of amides is 2. The number of anilines is 2. The number of hydrogen-bond acceptors (Lipinski definition) is 3. The van der Waals surface area contributed by atoms with Crippen LogP contribution >= 0.6 is 0 Å². The lowest BCUT2D eigenvalue weighted by Gasteiger charge is -2.21. The Labute approximate surface area is 136 Å². The van der Waals surface area contributed by atoms with E-state index in [1.165, 1.54) is 4.90 Å². The van der Waals surface area contributed by atoms with Crippen LogP contribution in [0.15, 0.2) is 42.5 Å². The molecule has 0 bridgehead atoms. The maximum atomic E-state index is 13.2. The molecule has 24 heavy (non-hydrogen) atoms. The highest BCUT2D eigenvalue weighted by Gasteiger charge is 2.25. The summed E-state index contributed by atoms with van der Waals surface area (Å²) in [7, 11) is 0. The Balaban J connectivity index is 1.79. The fourth-order valence-electron chi connectivity index (χ4n) is 2.46. The lowest BCUT2D eigenvalue weighted by molar-refractivity contribution is -0.121. The van der Waals surface area contributed by atoms with Crippen LogP contribution in [0.2, 0.25) is 0 Å².